The zero-order valence-electron chi connectivity index (χ0n) is 14.9. The van der Waals surface area contributed by atoms with E-state index in [4.69, 9.17) is 0 Å². The van der Waals surface area contributed by atoms with Crippen molar-refractivity contribution in [2.24, 2.45) is 0 Å². The Hall–Kier alpha value is -1.79. The van der Waals surface area contributed by atoms with E-state index >= 15 is 0 Å². The standard InChI is InChI=1S/C17H31N3O4/c1-3-5-9-18-14(21)12-17(8-7-11-20(17)16(23)24)13-15(22)19-10-6-4-2/h3-13H2,1-2H3,(H,18,21)(H,19,22)(H,23,24). The highest BCUT2D eigenvalue weighted by molar-refractivity contribution is 5.83. The van der Waals surface area contributed by atoms with E-state index in [-0.39, 0.29) is 24.7 Å². The number of amides is 3. The van der Waals surface area contributed by atoms with Crippen molar-refractivity contribution in [2.75, 3.05) is 19.6 Å². The molecule has 0 aliphatic carbocycles. The fourth-order valence-corrected chi connectivity index (χ4v) is 3.20. The van der Waals surface area contributed by atoms with Crippen LogP contribution in [0.3, 0.4) is 0 Å². The summed E-state index contributed by atoms with van der Waals surface area (Å²) in [5.74, 6) is -0.365. The summed E-state index contributed by atoms with van der Waals surface area (Å²) in [7, 11) is 0. The fraction of sp³-hybridized carbons (Fsp3) is 0.824. The van der Waals surface area contributed by atoms with E-state index in [0.717, 1.165) is 25.7 Å². The third kappa shape index (κ3) is 6.02. The molecule has 0 aromatic heterocycles. The summed E-state index contributed by atoms with van der Waals surface area (Å²) in [5.41, 5.74) is -0.918. The topological polar surface area (TPSA) is 98.7 Å². The van der Waals surface area contributed by atoms with Crippen LogP contribution in [0.1, 0.15) is 65.2 Å². The van der Waals surface area contributed by atoms with Gasteiger partial charge in [0.2, 0.25) is 11.8 Å². The number of carbonyl (C=O) groups is 3. The molecule has 0 atom stereocenters. The Labute approximate surface area is 144 Å². The zero-order chi connectivity index (χ0) is 18.0. The number of likely N-dealkylation sites (tertiary alicyclic amines) is 1. The third-order valence-corrected chi connectivity index (χ3v) is 4.51. The molecule has 0 radical (unpaired) electrons. The molecule has 7 nitrogen and oxygen atoms in total. The minimum Gasteiger partial charge on any atom is -0.465 e. The van der Waals surface area contributed by atoms with Crippen LogP contribution < -0.4 is 10.6 Å². The molecule has 1 heterocycles. The summed E-state index contributed by atoms with van der Waals surface area (Å²) in [5, 5.41) is 15.1. The van der Waals surface area contributed by atoms with Crippen LogP contribution in [-0.4, -0.2) is 53.1 Å². The average molecular weight is 341 g/mol. The van der Waals surface area contributed by atoms with Crippen molar-refractivity contribution in [2.45, 2.75) is 70.8 Å². The van der Waals surface area contributed by atoms with E-state index in [2.05, 4.69) is 10.6 Å². The van der Waals surface area contributed by atoms with Gasteiger partial charge in [-0.15, -0.1) is 0 Å². The lowest BCUT2D eigenvalue weighted by Crippen LogP contribution is -2.52. The normalized spacial score (nSPS) is 16.0. The molecule has 1 aliphatic rings. The molecular weight excluding hydrogens is 310 g/mol. The molecule has 1 aliphatic heterocycles. The second kappa shape index (κ2) is 10.2. The number of carbonyl (C=O) groups excluding carboxylic acids is 2. The molecule has 1 saturated heterocycles. The summed E-state index contributed by atoms with van der Waals surface area (Å²) in [6.07, 6.45) is 3.99. The van der Waals surface area contributed by atoms with Crippen LogP contribution in [-0.2, 0) is 9.59 Å². The maximum Gasteiger partial charge on any atom is 0.407 e. The van der Waals surface area contributed by atoms with Crippen molar-refractivity contribution in [1.82, 2.24) is 15.5 Å². The fourth-order valence-electron chi connectivity index (χ4n) is 3.20. The van der Waals surface area contributed by atoms with Crippen molar-refractivity contribution in [3.8, 4) is 0 Å². The minimum absolute atomic E-state index is 0.0458. The van der Waals surface area contributed by atoms with Gasteiger partial charge in [-0.05, 0) is 25.7 Å². The van der Waals surface area contributed by atoms with Crippen LogP contribution in [0.2, 0.25) is 0 Å². The van der Waals surface area contributed by atoms with Crippen molar-refractivity contribution >= 4 is 17.9 Å². The van der Waals surface area contributed by atoms with Gasteiger partial charge >= 0.3 is 6.09 Å². The Morgan fingerprint density at radius 3 is 1.92 bits per heavy atom. The molecule has 0 spiro atoms. The van der Waals surface area contributed by atoms with Gasteiger partial charge in [0.15, 0.2) is 0 Å². The summed E-state index contributed by atoms with van der Waals surface area (Å²) >= 11 is 0. The van der Waals surface area contributed by atoms with Gasteiger partial charge in [0.05, 0.1) is 18.4 Å². The van der Waals surface area contributed by atoms with Crippen LogP contribution in [0.25, 0.3) is 0 Å². The molecule has 0 bridgehead atoms. The summed E-state index contributed by atoms with van der Waals surface area (Å²) in [4.78, 5) is 37.3. The van der Waals surface area contributed by atoms with Crippen LogP contribution in [0.5, 0.6) is 0 Å². The van der Waals surface area contributed by atoms with E-state index in [0.29, 0.717) is 32.5 Å². The molecule has 0 aromatic carbocycles. The van der Waals surface area contributed by atoms with Crippen molar-refractivity contribution in [3.63, 3.8) is 0 Å². The van der Waals surface area contributed by atoms with E-state index < -0.39 is 11.6 Å². The van der Waals surface area contributed by atoms with Gasteiger partial charge < -0.3 is 20.6 Å². The van der Waals surface area contributed by atoms with Gasteiger partial charge in [-0.1, -0.05) is 26.7 Å². The molecule has 138 valence electrons. The maximum atomic E-state index is 12.2. The van der Waals surface area contributed by atoms with Gasteiger partial charge in [-0.25, -0.2) is 4.79 Å². The molecule has 3 N–H and O–H groups in total. The zero-order valence-corrected chi connectivity index (χ0v) is 14.9. The first-order valence-electron chi connectivity index (χ1n) is 8.99. The Bertz CT molecular complexity index is 416. The van der Waals surface area contributed by atoms with Crippen LogP contribution in [0.4, 0.5) is 4.79 Å². The monoisotopic (exact) mass is 341 g/mol. The Morgan fingerprint density at radius 2 is 1.50 bits per heavy atom. The number of carboxylic acid groups (broad SMARTS) is 1. The van der Waals surface area contributed by atoms with Crippen molar-refractivity contribution in [1.29, 1.82) is 0 Å². The first-order valence-corrected chi connectivity index (χ1v) is 8.99. The molecular formula is C17H31N3O4. The smallest absolute Gasteiger partial charge is 0.407 e. The van der Waals surface area contributed by atoms with Gasteiger partial charge in [-0.3, -0.25) is 9.59 Å². The molecule has 24 heavy (non-hydrogen) atoms. The van der Waals surface area contributed by atoms with Crippen molar-refractivity contribution in [3.05, 3.63) is 0 Å². The van der Waals surface area contributed by atoms with E-state index in [1.165, 1.54) is 4.90 Å². The van der Waals surface area contributed by atoms with Crippen LogP contribution >= 0.6 is 0 Å². The van der Waals surface area contributed by atoms with E-state index in [1.807, 2.05) is 13.8 Å². The first kappa shape index (κ1) is 20.3. The predicted molar refractivity (Wildman–Crippen MR) is 91.8 cm³/mol. The Morgan fingerprint density at radius 1 is 1.00 bits per heavy atom. The lowest BCUT2D eigenvalue weighted by molar-refractivity contribution is -0.126. The summed E-state index contributed by atoms with van der Waals surface area (Å²) in [6.45, 7) is 5.62. The lowest BCUT2D eigenvalue weighted by Gasteiger charge is -2.36. The first-order chi connectivity index (χ1) is 11.4. The SMILES string of the molecule is CCCCNC(=O)CC1(CC(=O)NCCCC)CCCN1C(=O)O. The molecule has 0 aromatic rings. The second-order valence-corrected chi connectivity index (χ2v) is 6.52. The van der Waals surface area contributed by atoms with Gasteiger partial charge in [0.25, 0.3) is 0 Å². The maximum absolute atomic E-state index is 12.2. The number of nitrogens with one attached hydrogen (secondary N) is 2. The highest BCUT2D eigenvalue weighted by Crippen LogP contribution is 2.35. The minimum atomic E-state index is -1.06. The van der Waals surface area contributed by atoms with Gasteiger partial charge in [0.1, 0.15) is 0 Å². The van der Waals surface area contributed by atoms with E-state index in [9.17, 15) is 19.5 Å². The Kier molecular flexibility index (Phi) is 8.57. The summed E-state index contributed by atoms with van der Waals surface area (Å²) in [6, 6.07) is 0. The largest absolute Gasteiger partial charge is 0.465 e. The number of nitrogens with zero attached hydrogens (tertiary/aromatic N) is 1. The van der Waals surface area contributed by atoms with Gasteiger partial charge in [0, 0.05) is 19.6 Å². The Balaban J connectivity index is 2.74. The number of hydrogen-bond donors (Lipinski definition) is 3. The molecule has 0 saturated carbocycles. The molecule has 7 heteroatoms. The van der Waals surface area contributed by atoms with E-state index in [1.54, 1.807) is 0 Å². The summed E-state index contributed by atoms with van der Waals surface area (Å²) < 4.78 is 0. The number of rotatable bonds is 10. The molecule has 1 fully saturated rings. The van der Waals surface area contributed by atoms with Crippen molar-refractivity contribution < 1.29 is 19.5 Å². The predicted octanol–water partition coefficient (Wildman–Crippen LogP) is 2.11. The molecule has 0 unspecified atom stereocenters. The number of hydrogen-bond acceptors (Lipinski definition) is 3. The van der Waals surface area contributed by atoms with Gasteiger partial charge in [-0.2, -0.15) is 0 Å². The lowest BCUT2D eigenvalue weighted by atomic mass is 9.87. The molecule has 3 amide bonds. The quantitative estimate of drug-likeness (QED) is 0.530. The average Bonchev–Trinajstić information content (AvgIpc) is 2.91. The highest BCUT2D eigenvalue weighted by Gasteiger charge is 2.46. The third-order valence-electron chi connectivity index (χ3n) is 4.51. The highest BCUT2D eigenvalue weighted by atomic mass is 16.4. The number of unbranched alkanes of at least 4 members (excludes halogenated alkanes) is 2. The van der Waals surface area contributed by atoms with Crippen LogP contribution in [0, 0.1) is 0 Å². The molecule has 1 rings (SSSR count). The van der Waals surface area contributed by atoms with Crippen LogP contribution in [0.15, 0.2) is 0 Å². The second-order valence-electron chi connectivity index (χ2n) is 6.52.